The molecule has 4 heteroatoms. The van der Waals surface area contributed by atoms with Crippen LogP contribution in [0.4, 0.5) is 11.4 Å². The van der Waals surface area contributed by atoms with Crippen LogP contribution in [0.15, 0.2) is 65.1 Å². The van der Waals surface area contributed by atoms with Gasteiger partial charge in [0, 0.05) is 11.6 Å². The van der Waals surface area contributed by atoms with Crippen LogP contribution < -0.4 is 10.1 Å². The van der Waals surface area contributed by atoms with Crippen molar-refractivity contribution in [3.05, 3.63) is 66.2 Å². The lowest BCUT2D eigenvalue weighted by Gasteiger charge is -2.21. The Labute approximate surface area is 138 Å². The first-order chi connectivity index (χ1) is 11.8. The second kappa shape index (κ2) is 4.86. The molecule has 1 aromatic heterocycles. The average molecular weight is 314 g/mol. The van der Waals surface area contributed by atoms with E-state index in [2.05, 4.69) is 29.4 Å². The van der Waals surface area contributed by atoms with E-state index in [4.69, 9.17) is 9.15 Å². The van der Waals surface area contributed by atoms with E-state index in [0.29, 0.717) is 11.5 Å². The number of aryl methyl sites for hydroxylation is 1. The van der Waals surface area contributed by atoms with Crippen LogP contribution in [0.5, 0.6) is 11.5 Å². The highest BCUT2D eigenvalue weighted by Crippen LogP contribution is 2.43. The van der Waals surface area contributed by atoms with Gasteiger partial charge < -0.3 is 14.5 Å². The van der Waals surface area contributed by atoms with Gasteiger partial charge in [-0.1, -0.05) is 29.8 Å². The minimum atomic E-state index is 0.616. The Morgan fingerprint density at radius 2 is 1.71 bits per heavy atom. The van der Waals surface area contributed by atoms with Gasteiger partial charge in [-0.05, 0) is 37.3 Å². The second-order valence-electron chi connectivity index (χ2n) is 5.92. The zero-order chi connectivity index (χ0) is 16.1. The average Bonchev–Trinajstić information content (AvgIpc) is 3.01. The van der Waals surface area contributed by atoms with Gasteiger partial charge in [0.05, 0.1) is 11.4 Å². The maximum Gasteiger partial charge on any atom is 0.227 e. The summed E-state index contributed by atoms with van der Waals surface area (Å²) in [5.41, 5.74) is 5.54. The van der Waals surface area contributed by atoms with Gasteiger partial charge in [-0.25, -0.2) is 4.98 Å². The number of fused-ring (bicyclic) bond motifs is 3. The van der Waals surface area contributed by atoms with E-state index in [0.717, 1.165) is 34.0 Å². The molecule has 24 heavy (non-hydrogen) atoms. The van der Waals surface area contributed by atoms with Crippen molar-refractivity contribution in [3.8, 4) is 23.0 Å². The second-order valence-corrected chi connectivity index (χ2v) is 5.92. The molecule has 0 aliphatic carbocycles. The largest absolute Gasteiger partial charge is 0.453 e. The van der Waals surface area contributed by atoms with Crippen molar-refractivity contribution in [1.82, 2.24) is 4.98 Å². The number of aromatic nitrogens is 1. The number of ether oxygens (including phenoxy) is 1. The molecular weight excluding hydrogens is 300 g/mol. The first kappa shape index (κ1) is 13.2. The van der Waals surface area contributed by atoms with Crippen LogP contribution >= 0.6 is 0 Å². The molecule has 1 aliphatic rings. The van der Waals surface area contributed by atoms with Crippen LogP contribution in [0.25, 0.3) is 22.6 Å². The highest BCUT2D eigenvalue weighted by Gasteiger charge is 2.19. The molecule has 116 valence electrons. The number of oxazole rings is 1. The number of nitrogens with zero attached hydrogens (tertiary/aromatic N) is 1. The Kier molecular flexibility index (Phi) is 2.67. The molecule has 0 amide bonds. The Morgan fingerprint density at radius 3 is 2.58 bits per heavy atom. The summed E-state index contributed by atoms with van der Waals surface area (Å²) >= 11 is 0. The predicted octanol–water partition coefficient (Wildman–Crippen LogP) is 5.65. The molecule has 0 fully saturated rings. The zero-order valence-corrected chi connectivity index (χ0v) is 13.0. The molecule has 1 aliphatic heterocycles. The summed E-state index contributed by atoms with van der Waals surface area (Å²) in [6.07, 6.45) is 0. The number of para-hydroxylation sites is 2. The topological polar surface area (TPSA) is 47.3 Å². The summed E-state index contributed by atoms with van der Waals surface area (Å²) in [4.78, 5) is 4.61. The Morgan fingerprint density at radius 1 is 0.875 bits per heavy atom. The molecule has 1 N–H and O–H groups in total. The van der Waals surface area contributed by atoms with Crippen molar-refractivity contribution in [3.63, 3.8) is 0 Å². The van der Waals surface area contributed by atoms with Crippen molar-refractivity contribution in [2.75, 3.05) is 5.32 Å². The van der Waals surface area contributed by atoms with E-state index in [1.807, 2.05) is 48.5 Å². The van der Waals surface area contributed by atoms with Crippen molar-refractivity contribution in [1.29, 1.82) is 0 Å². The summed E-state index contributed by atoms with van der Waals surface area (Å²) in [5.74, 6) is 2.17. The molecule has 0 unspecified atom stereocenters. The van der Waals surface area contributed by atoms with Crippen molar-refractivity contribution < 1.29 is 9.15 Å². The number of benzene rings is 3. The summed E-state index contributed by atoms with van der Waals surface area (Å²) in [7, 11) is 0. The van der Waals surface area contributed by atoms with E-state index in [-0.39, 0.29) is 0 Å². The number of hydrogen-bond acceptors (Lipinski definition) is 4. The first-order valence-corrected chi connectivity index (χ1v) is 7.82. The van der Waals surface area contributed by atoms with Crippen LogP contribution in [-0.2, 0) is 0 Å². The van der Waals surface area contributed by atoms with Gasteiger partial charge in [0.2, 0.25) is 5.89 Å². The lowest BCUT2D eigenvalue weighted by molar-refractivity contribution is 0.480. The van der Waals surface area contributed by atoms with Gasteiger partial charge in [0.25, 0.3) is 0 Å². The van der Waals surface area contributed by atoms with Crippen LogP contribution in [0, 0.1) is 6.92 Å². The molecule has 0 radical (unpaired) electrons. The highest BCUT2D eigenvalue weighted by molar-refractivity contribution is 5.87. The Hall–Kier alpha value is -3.27. The number of anilines is 2. The Bertz CT molecular complexity index is 1000. The number of rotatable bonds is 1. The molecule has 4 aromatic rings. The van der Waals surface area contributed by atoms with E-state index < -0.39 is 0 Å². The molecule has 2 heterocycles. The summed E-state index contributed by atoms with van der Waals surface area (Å²) < 4.78 is 11.9. The molecule has 0 saturated carbocycles. The van der Waals surface area contributed by atoms with E-state index >= 15 is 0 Å². The smallest absolute Gasteiger partial charge is 0.227 e. The molecule has 5 rings (SSSR count). The third kappa shape index (κ3) is 2.04. The van der Waals surface area contributed by atoms with Crippen LogP contribution in [0.2, 0.25) is 0 Å². The van der Waals surface area contributed by atoms with Crippen LogP contribution in [0.3, 0.4) is 0 Å². The van der Waals surface area contributed by atoms with E-state index in [1.54, 1.807) is 0 Å². The standard InChI is InChI=1S/C20H14N2O2/c1-12-6-8-13(9-7-12)20-22-16-10-15-18(11-19(16)24-20)23-17-5-3-2-4-14(17)21-15/h2-11,21H,1H3. The van der Waals surface area contributed by atoms with Crippen molar-refractivity contribution >= 4 is 22.5 Å². The van der Waals surface area contributed by atoms with Gasteiger partial charge in [-0.2, -0.15) is 0 Å². The van der Waals surface area contributed by atoms with Gasteiger partial charge >= 0.3 is 0 Å². The fraction of sp³-hybridized carbons (Fsp3) is 0.0500. The highest BCUT2D eigenvalue weighted by atomic mass is 16.5. The van der Waals surface area contributed by atoms with Crippen LogP contribution in [-0.4, -0.2) is 4.98 Å². The van der Waals surface area contributed by atoms with Gasteiger partial charge in [-0.15, -0.1) is 0 Å². The summed E-state index contributed by atoms with van der Waals surface area (Å²) in [6.45, 7) is 2.06. The number of nitrogens with one attached hydrogen (secondary N) is 1. The maximum absolute atomic E-state index is 5.97. The molecule has 0 atom stereocenters. The van der Waals surface area contributed by atoms with Gasteiger partial charge in [-0.3, -0.25) is 0 Å². The molecule has 0 saturated heterocycles. The lowest BCUT2D eigenvalue weighted by Crippen LogP contribution is -2.02. The molecule has 3 aromatic carbocycles. The van der Waals surface area contributed by atoms with E-state index in [9.17, 15) is 0 Å². The van der Waals surface area contributed by atoms with Crippen molar-refractivity contribution in [2.45, 2.75) is 6.92 Å². The van der Waals surface area contributed by atoms with Gasteiger partial charge in [0.15, 0.2) is 17.1 Å². The molecule has 0 bridgehead atoms. The minimum Gasteiger partial charge on any atom is -0.453 e. The van der Waals surface area contributed by atoms with Crippen molar-refractivity contribution in [2.24, 2.45) is 0 Å². The zero-order valence-electron chi connectivity index (χ0n) is 13.0. The third-order valence-electron chi connectivity index (χ3n) is 4.16. The lowest BCUT2D eigenvalue weighted by atomic mass is 10.1. The third-order valence-corrected chi connectivity index (χ3v) is 4.16. The normalized spacial score (nSPS) is 12.2. The van der Waals surface area contributed by atoms with Gasteiger partial charge in [0.1, 0.15) is 5.52 Å². The SMILES string of the molecule is Cc1ccc(-c2nc3cc4c(cc3o2)Oc2ccccc2N4)cc1. The molecular formula is C20H14N2O2. The van der Waals surface area contributed by atoms with Crippen LogP contribution in [0.1, 0.15) is 5.56 Å². The molecule has 0 spiro atoms. The first-order valence-electron chi connectivity index (χ1n) is 7.82. The fourth-order valence-corrected chi connectivity index (χ4v) is 2.88. The summed E-state index contributed by atoms with van der Waals surface area (Å²) in [6, 6.07) is 19.8. The minimum absolute atomic E-state index is 0.616. The number of hydrogen-bond donors (Lipinski definition) is 1. The van der Waals surface area contributed by atoms with E-state index in [1.165, 1.54) is 5.56 Å². The summed E-state index contributed by atoms with van der Waals surface area (Å²) in [5, 5.41) is 3.38. The quantitative estimate of drug-likeness (QED) is 0.434. The molecule has 4 nitrogen and oxygen atoms in total. The maximum atomic E-state index is 5.97. The monoisotopic (exact) mass is 314 g/mol. The Balaban J connectivity index is 1.61. The fourth-order valence-electron chi connectivity index (χ4n) is 2.88. The predicted molar refractivity (Wildman–Crippen MR) is 94.0 cm³/mol.